The molecule has 0 spiro atoms. The fourth-order valence-electron chi connectivity index (χ4n) is 2.80. The quantitative estimate of drug-likeness (QED) is 0.238. The second-order valence-electron chi connectivity index (χ2n) is 6.74. The third-order valence-electron chi connectivity index (χ3n) is 4.51. The molecule has 0 saturated carbocycles. The van der Waals surface area contributed by atoms with Gasteiger partial charge >= 0.3 is 0 Å². The van der Waals surface area contributed by atoms with Crippen molar-refractivity contribution in [2.45, 2.75) is 11.8 Å². The summed E-state index contributed by atoms with van der Waals surface area (Å²) in [6.45, 7) is 1.59. The van der Waals surface area contributed by atoms with Gasteiger partial charge in [0.05, 0.1) is 22.6 Å². The standard InChI is InChI=1S/C21H19ClN4O6S/c1-13(18-9-7-16(32-2)11-21(18)27)23-24-19-10-8-17(12-20(19)26(28)29)33(30,31)25-15-5-3-14(22)4-6-15/h3-12,24-25,27H,1-2H3/b23-13+. The Morgan fingerprint density at radius 1 is 1.12 bits per heavy atom. The molecule has 3 aromatic rings. The van der Waals surface area contributed by atoms with Crippen molar-refractivity contribution in [3.8, 4) is 11.5 Å². The highest BCUT2D eigenvalue weighted by atomic mass is 35.5. The number of benzene rings is 3. The Morgan fingerprint density at radius 3 is 2.42 bits per heavy atom. The van der Waals surface area contributed by atoms with Crippen molar-refractivity contribution in [2.24, 2.45) is 5.10 Å². The van der Waals surface area contributed by atoms with Crippen LogP contribution < -0.4 is 14.9 Å². The molecule has 0 radical (unpaired) electrons. The van der Waals surface area contributed by atoms with Crippen LogP contribution in [0.25, 0.3) is 0 Å². The van der Waals surface area contributed by atoms with Gasteiger partial charge in [-0.1, -0.05) is 11.6 Å². The largest absolute Gasteiger partial charge is 0.507 e. The SMILES string of the molecule is COc1ccc(/C(C)=N/Nc2ccc(S(=O)(=O)Nc3ccc(Cl)cc3)cc2[N+](=O)[O-])c(O)c1. The van der Waals surface area contributed by atoms with E-state index in [2.05, 4.69) is 15.2 Å². The van der Waals surface area contributed by atoms with Crippen LogP contribution in [0.5, 0.6) is 11.5 Å². The van der Waals surface area contributed by atoms with Gasteiger partial charge in [-0.3, -0.25) is 20.3 Å². The van der Waals surface area contributed by atoms with E-state index in [1.165, 1.54) is 49.6 Å². The number of nitrogens with zero attached hydrogens (tertiary/aromatic N) is 2. The zero-order valence-corrected chi connectivity index (χ0v) is 19.0. The first-order valence-electron chi connectivity index (χ1n) is 9.35. The van der Waals surface area contributed by atoms with Gasteiger partial charge in [-0.2, -0.15) is 5.10 Å². The lowest BCUT2D eigenvalue weighted by Crippen LogP contribution is -2.13. The van der Waals surface area contributed by atoms with Crippen LogP contribution in [0.1, 0.15) is 12.5 Å². The average Bonchev–Trinajstić information content (AvgIpc) is 2.78. The van der Waals surface area contributed by atoms with Gasteiger partial charge in [-0.25, -0.2) is 8.42 Å². The van der Waals surface area contributed by atoms with Crippen molar-refractivity contribution < 1.29 is 23.2 Å². The first kappa shape index (κ1) is 23.8. The van der Waals surface area contributed by atoms with Gasteiger partial charge in [-0.05, 0) is 55.5 Å². The summed E-state index contributed by atoms with van der Waals surface area (Å²) in [7, 11) is -2.63. The molecule has 0 aromatic heterocycles. The molecule has 33 heavy (non-hydrogen) atoms. The van der Waals surface area contributed by atoms with Gasteiger partial charge in [0.1, 0.15) is 17.2 Å². The van der Waals surface area contributed by atoms with Crippen LogP contribution in [-0.4, -0.2) is 31.3 Å². The summed E-state index contributed by atoms with van der Waals surface area (Å²) in [6, 6.07) is 14.0. The molecule has 3 aromatic carbocycles. The molecular weight excluding hydrogens is 472 g/mol. The molecule has 3 N–H and O–H groups in total. The monoisotopic (exact) mass is 490 g/mol. The molecule has 0 heterocycles. The van der Waals surface area contributed by atoms with Crippen molar-refractivity contribution in [3.05, 3.63) is 81.4 Å². The van der Waals surface area contributed by atoms with E-state index in [1.807, 2.05) is 0 Å². The number of nitro benzene ring substituents is 1. The molecule has 12 heteroatoms. The third-order valence-corrected chi connectivity index (χ3v) is 6.14. The maximum absolute atomic E-state index is 12.7. The third kappa shape index (κ3) is 5.70. The minimum atomic E-state index is -4.09. The zero-order valence-electron chi connectivity index (χ0n) is 17.4. The Hall–Kier alpha value is -3.83. The number of hydrogen-bond acceptors (Lipinski definition) is 8. The summed E-state index contributed by atoms with van der Waals surface area (Å²) < 4.78 is 32.7. The molecule has 0 saturated heterocycles. The van der Waals surface area contributed by atoms with E-state index in [0.29, 0.717) is 22.0 Å². The van der Waals surface area contributed by atoms with E-state index in [9.17, 15) is 23.6 Å². The van der Waals surface area contributed by atoms with Crippen LogP contribution in [0.2, 0.25) is 5.02 Å². The van der Waals surface area contributed by atoms with Crippen LogP contribution in [0.3, 0.4) is 0 Å². The minimum absolute atomic E-state index is 0.0298. The van der Waals surface area contributed by atoms with Crippen molar-refractivity contribution in [2.75, 3.05) is 17.3 Å². The van der Waals surface area contributed by atoms with Crippen molar-refractivity contribution in [3.63, 3.8) is 0 Å². The summed E-state index contributed by atoms with van der Waals surface area (Å²) in [5.41, 5.74) is 3.01. The number of halogens is 1. The smallest absolute Gasteiger partial charge is 0.295 e. The average molecular weight is 491 g/mol. The normalized spacial score (nSPS) is 11.7. The predicted octanol–water partition coefficient (Wildman–Crippen LogP) is 4.60. The number of methoxy groups -OCH3 is 1. The molecule has 0 fully saturated rings. The summed E-state index contributed by atoms with van der Waals surface area (Å²) in [6.07, 6.45) is 0. The van der Waals surface area contributed by atoms with E-state index in [0.717, 1.165) is 6.07 Å². The van der Waals surface area contributed by atoms with Crippen LogP contribution in [-0.2, 0) is 10.0 Å². The summed E-state index contributed by atoms with van der Waals surface area (Å²) in [4.78, 5) is 10.5. The number of sulfonamides is 1. The lowest BCUT2D eigenvalue weighted by molar-refractivity contribution is -0.384. The minimum Gasteiger partial charge on any atom is -0.507 e. The number of anilines is 2. The van der Waals surface area contributed by atoms with Gasteiger partial charge in [0.25, 0.3) is 15.7 Å². The molecule has 0 atom stereocenters. The van der Waals surface area contributed by atoms with Gasteiger partial charge in [0.15, 0.2) is 0 Å². The van der Waals surface area contributed by atoms with Gasteiger partial charge in [-0.15, -0.1) is 0 Å². The summed E-state index contributed by atoms with van der Waals surface area (Å²) in [5, 5.41) is 26.2. The second-order valence-corrected chi connectivity index (χ2v) is 8.86. The summed E-state index contributed by atoms with van der Waals surface area (Å²) in [5.74, 6) is 0.373. The van der Waals surface area contributed by atoms with Crippen molar-refractivity contribution in [1.29, 1.82) is 0 Å². The fraction of sp³-hybridized carbons (Fsp3) is 0.0952. The van der Waals surface area contributed by atoms with E-state index in [1.54, 1.807) is 19.1 Å². The molecule has 0 aliphatic carbocycles. The van der Waals surface area contributed by atoms with Crippen LogP contribution in [0.4, 0.5) is 17.1 Å². The molecule has 3 rings (SSSR count). The lowest BCUT2D eigenvalue weighted by Gasteiger charge is -2.10. The highest BCUT2D eigenvalue weighted by molar-refractivity contribution is 7.92. The first-order valence-corrected chi connectivity index (χ1v) is 11.2. The molecule has 0 bridgehead atoms. The number of rotatable bonds is 8. The van der Waals surface area contributed by atoms with Gasteiger partial charge in [0.2, 0.25) is 0 Å². The number of hydrogen-bond donors (Lipinski definition) is 3. The number of phenolic OH excluding ortho intramolecular Hbond substituents is 1. The Morgan fingerprint density at radius 2 is 1.82 bits per heavy atom. The van der Waals surface area contributed by atoms with Crippen molar-refractivity contribution >= 4 is 44.4 Å². The highest BCUT2D eigenvalue weighted by Crippen LogP contribution is 2.29. The molecule has 10 nitrogen and oxygen atoms in total. The van der Waals surface area contributed by atoms with E-state index in [-0.39, 0.29) is 22.0 Å². The molecular formula is C21H19ClN4O6S. The fourth-order valence-corrected chi connectivity index (χ4v) is 4.01. The number of phenols is 1. The number of nitrogens with one attached hydrogen (secondary N) is 2. The second kappa shape index (κ2) is 9.76. The highest BCUT2D eigenvalue weighted by Gasteiger charge is 2.22. The predicted molar refractivity (Wildman–Crippen MR) is 126 cm³/mol. The summed E-state index contributed by atoms with van der Waals surface area (Å²) >= 11 is 5.80. The Balaban J connectivity index is 1.87. The van der Waals surface area contributed by atoms with E-state index in [4.69, 9.17) is 16.3 Å². The van der Waals surface area contributed by atoms with Crippen LogP contribution in [0.15, 0.2) is 70.7 Å². The molecule has 172 valence electrons. The van der Waals surface area contributed by atoms with Crippen LogP contribution >= 0.6 is 11.6 Å². The number of aromatic hydroxyl groups is 1. The maximum atomic E-state index is 12.7. The molecule has 0 amide bonds. The Kier molecular flexibility index (Phi) is 7.04. The van der Waals surface area contributed by atoms with Crippen molar-refractivity contribution in [1.82, 2.24) is 0 Å². The lowest BCUT2D eigenvalue weighted by atomic mass is 10.1. The Labute approximate surface area is 194 Å². The Bertz CT molecular complexity index is 1330. The zero-order chi connectivity index (χ0) is 24.2. The first-order chi connectivity index (χ1) is 15.6. The van der Waals surface area contributed by atoms with Crippen LogP contribution in [0, 0.1) is 10.1 Å². The van der Waals surface area contributed by atoms with Gasteiger partial charge in [0, 0.05) is 28.4 Å². The molecule has 0 unspecified atom stereocenters. The number of ether oxygens (including phenoxy) is 1. The molecule has 0 aliphatic heterocycles. The maximum Gasteiger partial charge on any atom is 0.295 e. The molecule has 0 aliphatic rings. The topological polar surface area (TPSA) is 143 Å². The van der Waals surface area contributed by atoms with E-state index < -0.39 is 20.6 Å². The van der Waals surface area contributed by atoms with E-state index >= 15 is 0 Å². The number of nitro groups is 1. The van der Waals surface area contributed by atoms with Gasteiger partial charge < -0.3 is 9.84 Å². The number of hydrazone groups is 1.